The third-order valence-corrected chi connectivity index (χ3v) is 10.1. The number of carbonyl (C=O) groups excluding carboxylic acids is 1. The van der Waals surface area contributed by atoms with Crippen molar-refractivity contribution in [3.63, 3.8) is 0 Å². The minimum absolute atomic E-state index is 0.0144. The number of para-hydroxylation sites is 3. The molecule has 3 heterocycles. The van der Waals surface area contributed by atoms with Crippen LogP contribution in [-0.2, 0) is 29.8 Å². The smallest absolute Gasteiger partial charge is 0.266 e. The van der Waals surface area contributed by atoms with Gasteiger partial charge in [-0.3, -0.25) is 4.79 Å². The topological polar surface area (TPSA) is 32.4 Å². The van der Waals surface area contributed by atoms with Gasteiger partial charge in [-0.15, -0.1) is 0 Å². The summed E-state index contributed by atoms with van der Waals surface area (Å²) in [5.41, 5.74) is 7.25. The summed E-state index contributed by atoms with van der Waals surface area (Å²) in [6.45, 7) is 7.11. The Bertz CT molecular complexity index is 2030. The molecule has 8 rings (SSSR count). The molecule has 0 saturated carbocycles. The second kappa shape index (κ2) is 10.4. The van der Waals surface area contributed by atoms with E-state index in [1.54, 1.807) is 0 Å². The molecule has 0 aliphatic carbocycles. The maximum Gasteiger partial charge on any atom is 0.266 e. The number of fused-ring (bicyclic) bond motifs is 5. The largest absolute Gasteiger partial charge is 0.346 e. The number of hydrogen-bond acceptors (Lipinski definition) is 2. The lowest BCUT2D eigenvalue weighted by atomic mass is 9.81. The normalized spacial score (nSPS) is 19.1. The molecule has 1 amide bonds. The number of benzene rings is 5. The minimum Gasteiger partial charge on any atom is -0.346 e. The van der Waals surface area contributed by atoms with Crippen LogP contribution in [-0.4, -0.2) is 28.1 Å². The van der Waals surface area contributed by atoms with Crippen LogP contribution in [0.1, 0.15) is 35.9 Å². The highest BCUT2D eigenvalue weighted by molar-refractivity contribution is 5.83. The number of aromatic nitrogens is 2. The SMILES string of the molecule is Cc1n(CC(=O)N2CCC3(C)c4ccccc4N(Cc4ccccc4)C23)c2ccccc2[n+]1Cc1ccc2ccccc2c1. The number of hydrogen-bond donors (Lipinski definition) is 0. The van der Waals surface area contributed by atoms with Crippen LogP contribution in [0.15, 0.2) is 121 Å². The molecule has 0 radical (unpaired) electrons. The Labute approximate surface area is 258 Å². The van der Waals surface area contributed by atoms with E-state index in [2.05, 4.69) is 154 Å². The van der Waals surface area contributed by atoms with E-state index in [4.69, 9.17) is 0 Å². The molecule has 2 aliphatic rings. The number of carbonyl (C=O) groups is 1. The number of rotatable bonds is 6. The van der Waals surface area contributed by atoms with Crippen LogP contribution in [0.5, 0.6) is 0 Å². The van der Waals surface area contributed by atoms with Crippen molar-refractivity contribution in [1.82, 2.24) is 9.47 Å². The van der Waals surface area contributed by atoms with Crippen LogP contribution in [0.4, 0.5) is 5.69 Å². The number of nitrogens with zero attached hydrogens (tertiary/aromatic N) is 4. The Hall–Kier alpha value is -4.90. The van der Waals surface area contributed by atoms with Gasteiger partial charge in [-0.05, 0) is 58.1 Å². The highest BCUT2D eigenvalue weighted by Gasteiger charge is 2.55. The summed E-state index contributed by atoms with van der Waals surface area (Å²) in [7, 11) is 0. The maximum atomic E-state index is 14.4. The van der Waals surface area contributed by atoms with Gasteiger partial charge in [0.05, 0.1) is 0 Å². The average molecular weight is 578 g/mol. The summed E-state index contributed by atoms with van der Waals surface area (Å²) in [4.78, 5) is 19.1. The number of amides is 1. The fourth-order valence-corrected chi connectivity index (χ4v) is 7.85. The van der Waals surface area contributed by atoms with Crippen LogP contribution < -0.4 is 9.47 Å². The Morgan fingerprint density at radius 1 is 0.818 bits per heavy atom. The minimum atomic E-state index is -0.106. The van der Waals surface area contributed by atoms with E-state index in [1.165, 1.54) is 33.2 Å². The molecule has 2 aliphatic heterocycles. The molecule has 1 fully saturated rings. The monoisotopic (exact) mass is 577 g/mol. The maximum absolute atomic E-state index is 14.4. The number of likely N-dealkylation sites (tertiary alicyclic amines) is 1. The highest BCUT2D eigenvalue weighted by Crippen LogP contribution is 2.52. The zero-order valence-electron chi connectivity index (χ0n) is 25.4. The van der Waals surface area contributed by atoms with Crippen molar-refractivity contribution in [2.24, 2.45) is 0 Å². The van der Waals surface area contributed by atoms with Crippen LogP contribution in [0.2, 0.25) is 0 Å². The van der Waals surface area contributed by atoms with E-state index < -0.39 is 0 Å². The first-order valence-electron chi connectivity index (χ1n) is 15.7. The Kier molecular flexibility index (Phi) is 6.30. The van der Waals surface area contributed by atoms with Crippen molar-refractivity contribution >= 4 is 33.4 Å². The average Bonchev–Trinajstić information content (AvgIpc) is 3.63. The second-order valence-corrected chi connectivity index (χ2v) is 12.6. The van der Waals surface area contributed by atoms with Crippen molar-refractivity contribution < 1.29 is 9.36 Å². The van der Waals surface area contributed by atoms with Crippen LogP contribution in [0, 0.1) is 6.92 Å². The molecular weight excluding hydrogens is 540 g/mol. The zero-order chi connectivity index (χ0) is 29.8. The molecule has 0 spiro atoms. The van der Waals surface area contributed by atoms with Crippen molar-refractivity contribution in [3.8, 4) is 0 Å². The molecule has 6 aromatic rings. The molecule has 5 nitrogen and oxygen atoms in total. The molecule has 44 heavy (non-hydrogen) atoms. The van der Waals surface area contributed by atoms with E-state index in [1.807, 2.05) is 0 Å². The summed E-state index contributed by atoms with van der Waals surface area (Å²) < 4.78 is 4.58. The third kappa shape index (κ3) is 4.22. The lowest BCUT2D eigenvalue weighted by molar-refractivity contribution is -0.669. The molecule has 1 aromatic heterocycles. The predicted molar refractivity (Wildman–Crippen MR) is 176 cm³/mol. The van der Waals surface area contributed by atoms with Crippen LogP contribution in [0.3, 0.4) is 0 Å². The van der Waals surface area contributed by atoms with Crippen molar-refractivity contribution in [2.45, 2.75) is 51.5 Å². The van der Waals surface area contributed by atoms with Crippen molar-refractivity contribution in [1.29, 1.82) is 0 Å². The van der Waals surface area contributed by atoms with Gasteiger partial charge in [0.2, 0.25) is 0 Å². The van der Waals surface area contributed by atoms with E-state index in [-0.39, 0.29) is 17.5 Å². The molecule has 218 valence electrons. The van der Waals surface area contributed by atoms with Gasteiger partial charge >= 0.3 is 0 Å². The first-order chi connectivity index (χ1) is 21.5. The van der Waals surface area contributed by atoms with E-state index >= 15 is 0 Å². The molecule has 2 unspecified atom stereocenters. The van der Waals surface area contributed by atoms with E-state index in [0.717, 1.165) is 42.9 Å². The lowest BCUT2D eigenvalue weighted by Gasteiger charge is -2.37. The van der Waals surface area contributed by atoms with E-state index in [0.29, 0.717) is 6.54 Å². The predicted octanol–water partition coefficient (Wildman–Crippen LogP) is 6.98. The fraction of sp³-hybridized carbons (Fsp3) is 0.231. The summed E-state index contributed by atoms with van der Waals surface area (Å²) in [5.74, 6) is 1.26. The Balaban J connectivity index is 1.13. The van der Waals surface area contributed by atoms with Gasteiger partial charge in [0.1, 0.15) is 12.7 Å². The standard InChI is InChI=1S/C39H37N4O/c1-28-41(26-30-20-21-31-14-6-7-15-32(31)24-30)35-18-10-11-19-36(35)42(28)27-37(44)40-23-22-39(2)33-16-8-9-17-34(33)43(38(39)40)25-29-12-4-3-5-13-29/h3-21,24,38H,22-23,25-27H2,1-2H3/q+1. The Morgan fingerprint density at radius 3 is 2.41 bits per heavy atom. The van der Waals surface area contributed by atoms with Crippen molar-refractivity contribution in [2.75, 3.05) is 11.4 Å². The van der Waals surface area contributed by atoms with Gasteiger partial charge in [0, 0.05) is 31.1 Å². The number of imidazole rings is 1. The van der Waals surface area contributed by atoms with Crippen LogP contribution >= 0.6 is 0 Å². The van der Waals surface area contributed by atoms with Gasteiger partial charge in [-0.1, -0.05) is 104 Å². The molecule has 2 atom stereocenters. The summed E-state index contributed by atoms with van der Waals surface area (Å²) in [6.07, 6.45) is 0.943. The molecule has 5 aromatic carbocycles. The molecular formula is C39H37N4O+. The number of anilines is 1. The second-order valence-electron chi connectivity index (χ2n) is 12.6. The zero-order valence-corrected chi connectivity index (χ0v) is 25.4. The van der Waals surface area contributed by atoms with Gasteiger partial charge in [0.25, 0.3) is 11.7 Å². The highest BCUT2D eigenvalue weighted by atomic mass is 16.2. The van der Waals surface area contributed by atoms with Gasteiger partial charge < -0.3 is 9.80 Å². The van der Waals surface area contributed by atoms with Crippen molar-refractivity contribution in [3.05, 3.63) is 144 Å². The fourth-order valence-electron chi connectivity index (χ4n) is 7.85. The van der Waals surface area contributed by atoms with Gasteiger partial charge in [-0.25, -0.2) is 9.13 Å². The van der Waals surface area contributed by atoms with Gasteiger partial charge in [0.15, 0.2) is 17.6 Å². The van der Waals surface area contributed by atoms with E-state index in [9.17, 15) is 4.79 Å². The molecule has 5 heteroatoms. The lowest BCUT2D eigenvalue weighted by Crippen LogP contribution is -2.51. The molecule has 0 bridgehead atoms. The Morgan fingerprint density at radius 2 is 1.55 bits per heavy atom. The first kappa shape index (κ1) is 26.7. The summed E-state index contributed by atoms with van der Waals surface area (Å²) in [6, 6.07) is 43.1. The third-order valence-electron chi connectivity index (χ3n) is 10.1. The van der Waals surface area contributed by atoms with Gasteiger partial charge in [-0.2, -0.15) is 0 Å². The summed E-state index contributed by atoms with van der Waals surface area (Å²) in [5, 5.41) is 2.50. The van der Waals surface area contributed by atoms with Crippen LogP contribution in [0.25, 0.3) is 21.8 Å². The summed E-state index contributed by atoms with van der Waals surface area (Å²) >= 11 is 0. The molecule has 0 N–H and O–H groups in total. The molecule has 1 saturated heterocycles. The quantitative estimate of drug-likeness (QED) is 0.200. The first-order valence-corrected chi connectivity index (χ1v) is 15.7.